The van der Waals surface area contributed by atoms with Crippen LogP contribution in [0.5, 0.6) is 0 Å². The van der Waals surface area contributed by atoms with Crippen LogP contribution in [-0.4, -0.2) is 58.8 Å². The quantitative estimate of drug-likeness (QED) is 0.899. The molecule has 0 saturated carbocycles. The summed E-state index contributed by atoms with van der Waals surface area (Å²) in [6, 6.07) is 0.142. The highest BCUT2D eigenvalue weighted by atomic mass is 32.1. The van der Waals surface area contributed by atoms with Gasteiger partial charge in [0.25, 0.3) is 0 Å². The van der Waals surface area contributed by atoms with Gasteiger partial charge in [-0.3, -0.25) is 5.32 Å². The van der Waals surface area contributed by atoms with E-state index < -0.39 is 0 Å². The highest BCUT2D eigenvalue weighted by Gasteiger charge is 2.26. The van der Waals surface area contributed by atoms with Gasteiger partial charge >= 0.3 is 6.03 Å². The van der Waals surface area contributed by atoms with E-state index in [1.165, 1.54) is 11.3 Å². The molecule has 2 amide bonds. The molecule has 1 fully saturated rings. The van der Waals surface area contributed by atoms with E-state index in [1.54, 1.807) is 0 Å². The number of hydrogen-bond acceptors (Lipinski definition) is 5. The van der Waals surface area contributed by atoms with Gasteiger partial charge in [0.15, 0.2) is 0 Å². The van der Waals surface area contributed by atoms with E-state index >= 15 is 0 Å². The molecular formula is C12H21N5OS. The molecule has 1 N–H and O–H groups in total. The van der Waals surface area contributed by atoms with Crippen LogP contribution < -0.4 is 5.32 Å². The Bertz CT molecular complexity index is 447. The molecule has 0 bridgehead atoms. The van der Waals surface area contributed by atoms with Crippen molar-refractivity contribution in [2.24, 2.45) is 0 Å². The number of aromatic nitrogens is 2. The summed E-state index contributed by atoms with van der Waals surface area (Å²) in [6.07, 6.45) is 0. The van der Waals surface area contributed by atoms with Gasteiger partial charge in [0, 0.05) is 31.6 Å². The van der Waals surface area contributed by atoms with E-state index in [4.69, 9.17) is 0 Å². The van der Waals surface area contributed by atoms with Gasteiger partial charge < -0.3 is 9.80 Å². The van der Waals surface area contributed by atoms with Gasteiger partial charge in [0.2, 0.25) is 5.13 Å². The minimum absolute atomic E-state index is 0.0768. The minimum Gasteiger partial charge on any atom is -0.319 e. The van der Waals surface area contributed by atoms with Gasteiger partial charge in [-0.1, -0.05) is 25.2 Å². The zero-order chi connectivity index (χ0) is 14.0. The van der Waals surface area contributed by atoms with Crippen molar-refractivity contribution in [1.29, 1.82) is 0 Å². The zero-order valence-corrected chi connectivity index (χ0v) is 12.7. The van der Waals surface area contributed by atoms with E-state index in [0.29, 0.717) is 11.0 Å². The third kappa shape index (κ3) is 3.42. The Labute approximate surface area is 117 Å². The second kappa shape index (κ2) is 5.83. The molecule has 0 unspecified atom stereocenters. The van der Waals surface area contributed by atoms with Crippen LogP contribution >= 0.6 is 11.3 Å². The fraction of sp³-hybridized carbons (Fsp3) is 0.750. The molecule has 2 heterocycles. The third-order valence-corrected chi connectivity index (χ3v) is 4.38. The normalized spacial score (nSPS) is 20.9. The molecule has 19 heavy (non-hydrogen) atoms. The van der Waals surface area contributed by atoms with Crippen molar-refractivity contribution >= 4 is 22.5 Å². The van der Waals surface area contributed by atoms with Crippen molar-refractivity contribution in [3.63, 3.8) is 0 Å². The number of hydrogen-bond donors (Lipinski definition) is 1. The second-order valence-electron chi connectivity index (χ2n) is 5.33. The van der Waals surface area contributed by atoms with Crippen LogP contribution in [0, 0.1) is 0 Å². The summed E-state index contributed by atoms with van der Waals surface area (Å²) < 4.78 is 0. The van der Waals surface area contributed by atoms with E-state index in [1.807, 2.05) is 4.90 Å². The molecule has 1 saturated heterocycles. The highest BCUT2D eigenvalue weighted by Crippen LogP contribution is 2.23. The lowest BCUT2D eigenvalue weighted by atomic mass is 10.2. The molecule has 1 aromatic heterocycles. The average molecular weight is 283 g/mol. The van der Waals surface area contributed by atoms with Crippen molar-refractivity contribution in [3.05, 3.63) is 5.01 Å². The van der Waals surface area contributed by atoms with Gasteiger partial charge in [-0.25, -0.2) is 4.79 Å². The molecule has 106 valence electrons. The van der Waals surface area contributed by atoms with E-state index in [-0.39, 0.29) is 12.1 Å². The van der Waals surface area contributed by atoms with Crippen LogP contribution in [0.2, 0.25) is 0 Å². The van der Waals surface area contributed by atoms with Crippen LogP contribution in [0.4, 0.5) is 9.93 Å². The average Bonchev–Trinajstić information content (AvgIpc) is 2.77. The summed E-state index contributed by atoms with van der Waals surface area (Å²) in [4.78, 5) is 16.3. The predicted octanol–water partition coefficient (Wildman–Crippen LogP) is 1.83. The Morgan fingerprint density at radius 1 is 1.42 bits per heavy atom. The van der Waals surface area contributed by atoms with Crippen molar-refractivity contribution in [3.8, 4) is 0 Å². The Morgan fingerprint density at radius 3 is 2.74 bits per heavy atom. The smallest absolute Gasteiger partial charge is 0.319 e. The molecule has 0 aliphatic carbocycles. The number of urea groups is 1. The maximum atomic E-state index is 12.2. The van der Waals surface area contributed by atoms with Crippen LogP contribution in [0.3, 0.4) is 0 Å². The number of carbonyl (C=O) groups is 1. The number of rotatable bonds is 2. The van der Waals surface area contributed by atoms with Crippen molar-refractivity contribution in [1.82, 2.24) is 20.0 Å². The SMILES string of the molecule is CC(C)c1nnc(NC(=O)N2CCN(C)C[C@H]2C)s1. The van der Waals surface area contributed by atoms with E-state index in [0.717, 1.165) is 24.6 Å². The Balaban J connectivity index is 1.96. The van der Waals surface area contributed by atoms with Gasteiger partial charge in [-0.05, 0) is 14.0 Å². The fourth-order valence-electron chi connectivity index (χ4n) is 2.12. The number of nitrogens with one attached hydrogen (secondary N) is 1. The molecule has 1 atom stereocenters. The third-order valence-electron chi connectivity index (χ3n) is 3.24. The standard InChI is InChI=1S/C12H21N5OS/c1-8(2)10-14-15-11(19-10)13-12(18)17-6-5-16(4)7-9(17)3/h8-9H,5-7H2,1-4H3,(H,13,15,18)/t9-/m1/s1. The molecule has 7 heteroatoms. The van der Waals surface area contributed by atoms with Crippen molar-refractivity contribution in [2.75, 3.05) is 32.0 Å². The maximum absolute atomic E-state index is 12.2. The summed E-state index contributed by atoms with van der Waals surface area (Å²) in [6.45, 7) is 8.75. The summed E-state index contributed by atoms with van der Waals surface area (Å²) in [7, 11) is 2.07. The van der Waals surface area contributed by atoms with Crippen molar-refractivity contribution < 1.29 is 4.79 Å². The second-order valence-corrected chi connectivity index (χ2v) is 6.34. The summed E-state index contributed by atoms with van der Waals surface area (Å²) in [5.74, 6) is 0.339. The maximum Gasteiger partial charge on any atom is 0.324 e. The number of nitrogens with zero attached hydrogens (tertiary/aromatic N) is 4. The number of amides is 2. The Hall–Kier alpha value is -1.21. The van der Waals surface area contributed by atoms with Gasteiger partial charge in [0.05, 0.1) is 0 Å². The van der Waals surface area contributed by atoms with E-state index in [9.17, 15) is 4.79 Å². The van der Waals surface area contributed by atoms with E-state index in [2.05, 4.69) is 48.2 Å². The molecule has 1 aliphatic rings. The molecule has 0 radical (unpaired) electrons. The number of piperazine rings is 1. The topological polar surface area (TPSA) is 61.4 Å². The fourth-order valence-corrected chi connectivity index (χ4v) is 2.86. The summed E-state index contributed by atoms with van der Waals surface area (Å²) >= 11 is 1.44. The molecule has 0 aromatic carbocycles. The van der Waals surface area contributed by atoms with Gasteiger partial charge in [0.1, 0.15) is 5.01 Å². The first kappa shape index (κ1) is 14.2. The predicted molar refractivity (Wildman–Crippen MR) is 76.7 cm³/mol. The lowest BCUT2D eigenvalue weighted by molar-refractivity contribution is 0.125. The van der Waals surface area contributed by atoms with Crippen LogP contribution in [0.15, 0.2) is 0 Å². The summed E-state index contributed by atoms with van der Waals surface area (Å²) in [5.41, 5.74) is 0. The molecule has 6 nitrogen and oxygen atoms in total. The van der Waals surface area contributed by atoms with Gasteiger partial charge in [-0.15, -0.1) is 10.2 Å². The van der Waals surface area contributed by atoms with Crippen LogP contribution in [-0.2, 0) is 0 Å². The lowest BCUT2D eigenvalue weighted by Gasteiger charge is -2.37. The first-order valence-electron chi connectivity index (χ1n) is 6.57. The minimum atomic E-state index is -0.0768. The highest BCUT2D eigenvalue weighted by molar-refractivity contribution is 7.15. The first-order valence-corrected chi connectivity index (χ1v) is 7.38. The van der Waals surface area contributed by atoms with Gasteiger partial charge in [-0.2, -0.15) is 0 Å². The Kier molecular flexibility index (Phi) is 4.36. The molecule has 1 aliphatic heterocycles. The molecule has 2 rings (SSSR count). The first-order chi connectivity index (χ1) is 8.97. The summed E-state index contributed by atoms with van der Waals surface area (Å²) in [5, 5.41) is 12.5. The molecule has 0 spiro atoms. The molecular weight excluding hydrogens is 262 g/mol. The van der Waals surface area contributed by atoms with Crippen LogP contribution in [0.25, 0.3) is 0 Å². The lowest BCUT2D eigenvalue weighted by Crippen LogP contribution is -2.53. The number of carbonyl (C=O) groups excluding carboxylic acids is 1. The number of likely N-dealkylation sites (N-methyl/N-ethyl adjacent to an activating group) is 1. The number of anilines is 1. The zero-order valence-electron chi connectivity index (χ0n) is 11.9. The van der Waals surface area contributed by atoms with Crippen molar-refractivity contribution in [2.45, 2.75) is 32.7 Å². The largest absolute Gasteiger partial charge is 0.324 e. The van der Waals surface area contributed by atoms with Crippen LogP contribution in [0.1, 0.15) is 31.7 Å². The monoisotopic (exact) mass is 283 g/mol. The Morgan fingerprint density at radius 2 is 2.16 bits per heavy atom. The molecule has 1 aromatic rings.